The highest BCUT2D eigenvalue weighted by Crippen LogP contribution is 2.17. The molecule has 1 N–H and O–H groups in total. The summed E-state index contributed by atoms with van der Waals surface area (Å²) in [5.41, 5.74) is 3.60. The molecular weight excluding hydrogens is 392 g/mol. The molecule has 168 valence electrons. The molecule has 0 saturated carbocycles. The van der Waals surface area contributed by atoms with Crippen molar-refractivity contribution in [2.75, 3.05) is 43.0 Å². The Hall–Kier alpha value is -3.09. The Morgan fingerprint density at radius 3 is 2.45 bits per heavy atom. The number of nitrogens with zero attached hydrogens (tertiary/aromatic N) is 3. The molecule has 0 aliphatic carbocycles. The maximum Gasteiger partial charge on any atom is 0.409 e. The molecular formula is C24H34N4O3. The monoisotopic (exact) mass is 426 g/mol. The van der Waals surface area contributed by atoms with Gasteiger partial charge in [-0.15, -0.1) is 0 Å². The van der Waals surface area contributed by atoms with Gasteiger partial charge in [-0.25, -0.2) is 9.78 Å². The zero-order valence-corrected chi connectivity index (χ0v) is 19.3. The highest BCUT2D eigenvalue weighted by molar-refractivity contribution is 6.04. The lowest BCUT2D eigenvalue weighted by Crippen LogP contribution is -2.35. The van der Waals surface area contributed by atoms with Crippen molar-refractivity contribution in [3.05, 3.63) is 53.2 Å². The highest BCUT2D eigenvalue weighted by atomic mass is 16.6. The highest BCUT2D eigenvalue weighted by Gasteiger charge is 2.20. The number of carbonyl (C=O) groups excluding carboxylic acids is 2. The summed E-state index contributed by atoms with van der Waals surface area (Å²) in [6.07, 6.45) is 2.18. The van der Waals surface area contributed by atoms with Crippen LogP contribution in [0.3, 0.4) is 0 Å². The van der Waals surface area contributed by atoms with Crippen LogP contribution >= 0.6 is 0 Å². The number of ether oxygens (including phenoxy) is 1. The molecule has 2 heterocycles. The van der Waals surface area contributed by atoms with Crippen LogP contribution in [0.15, 0.2) is 36.5 Å². The number of rotatable bonds is 4. The van der Waals surface area contributed by atoms with Crippen LogP contribution in [0.5, 0.6) is 0 Å². The van der Waals surface area contributed by atoms with Gasteiger partial charge in [-0.3, -0.25) is 4.79 Å². The van der Waals surface area contributed by atoms with Crippen LogP contribution in [0.1, 0.15) is 48.7 Å². The third kappa shape index (κ3) is 6.70. The molecule has 1 aliphatic heterocycles. The fourth-order valence-electron chi connectivity index (χ4n) is 3.27. The molecule has 3 rings (SSSR count). The van der Waals surface area contributed by atoms with E-state index >= 15 is 0 Å². The number of anilines is 2. The third-order valence-electron chi connectivity index (χ3n) is 5.12. The van der Waals surface area contributed by atoms with Gasteiger partial charge in [-0.2, -0.15) is 0 Å². The molecule has 31 heavy (non-hydrogen) atoms. The Kier molecular flexibility index (Phi) is 9.31. The molecule has 2 aromatic rings. The first-order valence-electron chi connectivity index (χ1n) is 11.0. The molecule has 7 nitrogen and oxygen atoms in total. The van der Waals surface area contributed by atoms with E-state index in [-0.39, 0.29) is 12.0 Å². The minimum Gasteiger partial charge on any atom is -0.450 e. The van der Waals surface area contributed by atoms with Crippen molar-refractivity contribution < 1.29 is 14.3 Å². The Balaban J connectivity index is 0.00000166. The fourth-order valence-corrected chi connectivity index (χ4v) is 3.27. The van der Waals surface area contributed by atoms with E-state index in [2.05, 4.69) is 15.2 Å². The van der Waals surface area contributed by atoms with E-state index in [1.54, 1.807) is 17.2 Å². The molecule has 0 unspecified atom stereocenters. The van der Waals surface area contributed by atoms with Gasteiger partial charge in [0.25, 0.3) is 5.91 Å². The van der Waals surface area contributed by atoms with E-state index in [9.17, 15) is 9.59 Å². The Morgan fingerprint density at radius 2 is 1.81 bits per heavy atom. The predicted octanol–water partition coefficient (Wildman–Crippen LogP) is 4.65. The van der Waals surface area contributed by atoms with Gasteiger partial charge in [0.15, 0.2) is 0 Å². The lowest BCUT2D eigenvalue weighted by atomic mass is 10.1. The number of nitrogens with one attached hydrogen (secondary N) is 1. The molecule has 1 saturated heterocycles. The Bertz CT molecular complexity index is 868. The number of carbonyl (C=O) groups is 2. The summed E-state index contributed by atoms with van der Waals surface area (Å²) < 4.78 is 5.09. The maximum atomic E-state index is 12.5. The summed E-state index contributed by atoms with van der Waals surface area (Å²) in [4.78, 5) is 32.8. The molecule has 0 spiro atoms. The molecule has 1 fully saturated rings. The minimum absolute atomic E-state index is 0.184. The van der Waals surface area contributed by atoms with Crippen molar-refractivity contribution in [3.63, 3.8) is 0 Å². The van der Waals surface area contributed by atoms with Gasteiger partial charge in [0.1, 0.15) is 5.82 Å². The van der Waals surface area contributed by atoms with E-state index in [0.717, 1.165) is 30.0 Å². The van der Waals surface area contributed by atoms with Crippen molar-refractivity contribution >= 4 is 23.5 Å². The van der Waals surface area contributed by atoms with E-state index in [1.807, 2.05) is 58.9 Å². The number of pyridine rings is 1. The van der Waals surface area contributed by atoms with Gasteiger partial charge in [-0.05, 0) is 62.6 Å². The van der Waals surface area contributed by atoms with Crippen molar-refractivity contribution in [3.8, 4) is 0 Å². The zero-order valence-electron chi connectivity index (χ0n) is 19.3. The van der Waals surface area contributed by atoms with Crippen LogP contribution in [-0.4, -0.2) is 54.7 Å². The first-order valence-corrected chi connectivity index (χ1v) is 11.0. The third-order valence-corrected chi connectivity index (χ3v) is 5.12. The summed E-state index contributed by atoms with van der Waals surface area (Å²) in [7, 11) is 0. The van der Waals surface area contributed by atoms with Gasteiger partial charge in [0.2, 0.25) is 0 Å². The molecule has 1 aromatic carbocycles. The van der Waals surface area contributed by atoms with Gasteiger partial charge in [0.05, 0.1) is 12.2 Å². The van der Waals surface area contributed by atoms with Gasteiger partial charge in [0, 0.05) is 38.1 Å². The predicted molar refractivity (Wildman–Crippen MR) is 125 cm³/mol. The SMILES string of the molecule is CC.CCOC(=O)N1CCCN(c2ccc(C(=O)Nc3ccc(C)c(C)c3)cn2)CC1. The second-order valence-electron chi connectivity index (χ2n) is 7.18. The smallest absolute Gasteiger partial charge is 0.409 e. The van der Waals surface area contributed by atoms with Gasteiger partial charge in [-0.1, -0.05) is 19.9 Å². The molecule has 1 aliphatic rings. The second-order valence-corrected chi connectivity index (χ2v) is 7.18. The molecule has 2 amide bonds. The quantitative estimate of drug-likeness (QED) is 0.771. The normalized spacial score (nSPS) is 13.6. The number of hydrogen-bond donors (Lipinski definition) is 1. The number of aromatic nitrogens is 1. The number of aryl methyl sites for hydroxylation is 2. The van der Waals surface area contributed by atoms with E-state index in [4.69, 9.17) is 4.74 Å². The van der Waals surface area contributed by atoms with E-state index in [0.29, 0.717) is 31.8 Å². The molecule has 0 atom stereocenters. The van der Waals surface area contributed by atoms with Crippen molar-refractivity contribution in [1.29, 1.82) is 0 Å². The topological polar surface area (TPSA) is 74.8 Å². The summed E-state index contributed by atoms with van der Waals surface area (Å²) in [5.74, 6) is 0.620. The largest absolute Gasteiger partial charge is 0.450 e. The van der Waals surface area contributed by atoms with Crippen LogP contribution in [0.4, 0.5) is 16.3 Å². The fraction of sp³-hybridized carbons (Fsp3) is 0.458. The molecule has 0 radical (unpaired) electrons. The van der Waals surface area contributed by atoms with Gasteiger partial charge >= 0.3 is 6.09 Å². The Labute approximate surface area is 185 Å². The summed E-state index contributed by atoms with van der Waals surface area (Å²) >= 11 is 0. The molecule has 0 bridgehead atoms. The van der Waals surface area contributed by atoms with Gasteiger partial charge < -0.3 is 19.9 Å². The number of hydrogen-bond acceptors (Lipinski definition) is 5. The van der Waals surface area contributed by atoms with Crippen LogP contribution in [-0.2, 0) is 4.74 Å². The lowest BCUT2D eigenvalue weighted by Gasteiger charge is -2.22. The lowest BCUT2D eigenvalue weighted by molar-refractivity contribution is 0.102. The standard InChI is InChI=1S/C22H28N4O3.C2H6/c1-4-29-22(28)26-11-5-10-25(12-13-26)20-9-7-18(15-23-20)21(27)24-19-8-6-16(2)17(3)14-19;1-2/h6-9,14-15H,4-5,10-13H2,1-3H3,(H,24,27);1-2H3. The summed E-state index contributed by atoms with van der Waals surface area (Å²) in [5, 5.41) is 2.91. The average Bonchev–Trinajstić information content (AvgIpc) is 3.04. The van der Waals surface area contributed by atoms with Crippen molar-refractivity contribution in [1.82, 2.24) is 9.88 Å². The number of benzene rings is 1. The first-order chi connectivity index (χ1) is 15.0. The van der Waals surface area contributed by atoms with Crippen LogP contribution < -0.4 is 10.2 Å². The molecule has 7 heteroatoms. The first kappa shape index (κ1) is 24.2. The molecule has 1 aromatic heterocycles. The van der Waals surface area contributed by atoms with E-state index in [1.165, 1.54) is 5.56 Å². The van der Waals surface area contributed by atoms with Crippen LogP contribution in [0.2, 0.25) is 0 Å². The van der Waals surface area contributed by atoms with Crippen molar-refractivity contribution in [2.45, 2.75) is 41.0 Å². The minimum atomic E-state index is -0.263. The number of amides is 2. The Morgan fingerprint density at radius 1 is 1.03 bits per heavy atom. The summed E-state index contributed by atoms with van der Waals surface area (Å²) in [6.45, 7) is 13.0. The zero-order chi connectivity index (χ0) is 22.8. The average molecular weight is 427 g/mol. The summed E-state index contributed by atoms with van der Waals surface area (Å²) in [6, 6.07) is 9.49. The van der Waals surface area contributed by atoms with Crippen molar-refractivity contribution in [2.24, 2.45) is 0 Å². The van der Waals surface area contributed by atoms with E-state index < -0.39 is 0 Å². The maximum absolute atomic E-state index is 12.5. The van der Waals surface area contributed by atoms with Crippen LogP contribution in [0.25, 0.3) is 0 Å². The second kappa shape index (κ2) is 11.9. The van der Waals surface area contributed by atoms with Crippen LogP contribution in [0, 0.1) is 13.8 Å².